The Morgan fingerprint density at radius 3 is 2.86 bits per heavy atom. The first-order chi connectivity index (χ1) is 10.2. The summed E-state index contributed by atoms with van der Waals surface area (Å²) >= 11 is 0. The zero-order valence-electron chi connectivity index (χ0n) is 12.2. The maximum Gasteiger partial charge on any atom is 0.306 e. The summed E-state index contributed by atoms with van der Waals surface area (Å²) in [5.74, 6) is -0.273. The lowest BCUT2D eigenvalue weighted by Crippen LogP contribution is -2.35. The molecular weight excluding hydrogens is 272 g/mol. The maximum atomic E-state index is 12.3. The topological polar surface area (TPSA) is 77.3 Å². The summed E-state index contributed by atoms with van der Waals surface area (Å²) in [7, 11) is 1.36. The third-order valence-corrected chi connectivity index (χ3v) is 3.27. The second-order valence-electron chi connectivity index (χ2n) is 4.59. The van der Waals surface area contributed by atoms with E-state index in [1.807, 2.05) is 17.9 Å². The molecule has 0 fully saturated rings. The number of methoxy groups -OCH3 is 1. The van der Waals surface area contributed by atoms with Gasteiger partial charge in [-0.3, -0.25) is 14.5 Å². The summed E-state index contributed by atoms with van der Waals surface area (Å²) in [4.78, 5) is 25.4. The fraction of sp³-hybridized carbons (Fsp3) is 0.429. The van der Waals surface area contributed by atoms with Gasteiger partial charge in [-0.2, -0.15) is 4.68 Å². The van der Waals surface area contributed by atoms with Crippen LogP contribution in [-0.4, -0.2) is 46.1 Å². The van der Waals surface area contributed by atoms with E-state index < -0.39 is 0 Å². The van der Waals surface area contributed by atoms with Crippen molar-refractivity contribution >= 4 is 16.9 Å². The van der Waals surface area contributed by atoms with E-state index in [4.69, 9.17) is 0 Å². The molecule has 21 heavy (non-hydrogen) atoms. The SMILES string of the molecule is CCN(CCC(=O)OC)Cn1nnc2ccccc2c1=O. The molecule has 0 saturated carbocycles. The molecule has 0 atom stereocenters. The quantitative estimate of drug-likeness (QED) is 0.726. The lowest BCUT2D eigenvalue weighted by molar-refractivity contribution is -0.141. The van der Waals surface area contributed by atoms with E-state index in [1.54, 1.807) is 18.2 Å². The first-order valence-corrected chi connectivity index (χ1v) is 6.77. The summed E-state index contributed by atoms with van der Waals surface area (Å²) in [6.45, 7) is 3.45. The molecule has 0 N–H and O–H groups in total. The van der Waals surface area contributed by atoms with Crippen LogP contribution in [0.4, 0.5) is 0 Å². The van der Waals surface area contributed by atoms with Crippen molar-refractivity contribution in [2.24, 2.45) is 0 Å². The zero-order valence-corrected chi connectivity index (χ0v) is 12.2. The van der Waals surface area contributed by atoms with Crippen molar-refractivity contribution in [2.45, 2.75) is 20.0 Å². The molecule has 7 nitrogen and oxygen atoms in total. The number of esters is 1. The molecule has 0 aliphatic heterocycles. The number of aromatic nitrogens is 3. The second-order valence-corrected chi connectivity index (χ2v) is 4.59. The molecule has 2 rings (SSSR count). The highest BCUT2D eigenvalue weighted by atomic mass is 16.5. The van der Waals surface area contributed by atoms with Crippen molar-refractivity contribution in [2.75, 3.05) is 20.2 Å². The molecule has 1 aromatic heterocycles. The van der Waals surface area contributed by atoms with Crippen LogP contribution in [0, 0.1) is 0 Å². The van der Waals surface area contributed by atoms with Gasteiger partial charge in [-0.15, -0.1) is 5.10 Å². The molecule has 0 aliphatic rings. The first kappa shape index (κ1) is 15.1. The van der Waals surface area contributed by atoms with E-state index in [9.17, 15) is 9.59 Å². The Morgan fingerprint density at radius 1 is 1.38 bits per heavy atom. The van der Waals surface area contributed by atoms with E-state index in [0.29, 0.717) is 30.7 Å². The zero-order chi connectivity index (χ0) is 15.2. The fourth-order valence-corrected chi connectivity index (χ4v) is 1.99. The van der Waals surface area contributed by atoms with Gasteiger partial charge in [0.1, 0.15) is 5.52 Å². The first-order valence-electron chi connectivity index (χ1n) is 6.77. The van der Waals surface area contributed by atoms with Gasteiger partial charge in [0, 0.05) is 6.54 Å². The predicted octanol–water partition coefficient (Wildman–Crippen LogP) is 0.634. The van der Waals surface area contributed by atoms with Crippen molar-refractivity contribution in [3.05, 3.63) is 34.6 Å². The fourth-order valence-electron chi connectivity index (χ4n) is 1.99. The van der Waals surface area contributed by atoms with Crippen LogP contribution in [0.25, 0.3) is 10.9 Å². The molecule has 7 heteroatoms. The molecule has 1 aromatic carbocycles. The summed E-state index contributed by atoms with van der Waals surface area (Å²) in [5.41, 5.74) is 0.397. The lowest BCUT2D eigenvalue weighted by atomic mass is 10.2. The molecule has 2 aromatic rings. The van der Waals surface area contributed by atoms with Crippen molar-refractivity contribution in [3.8, 4) is 0 Å². The van der Waals surface area contributed by atoms with Crippen LogP contribution in [0.2, 0.25) is 0 Å². The summed E-state index contributed by atoms with van der Waals surface area (Å²) in [5, 5.41) is 8.51. The molecule has 1 heterocycles. The third kappa shape index (κ3) is 3.63. The Hall–Kier alpha value is -2.28. The minimum Gasteiger partial charge on any atom is -0.469 e. The normalized spacial score (nSPS) is 11.0. The number of carbonyl (C=O) groups is 1. The van der Waals surface area contributed by atoms with E-state index in [1.165, 1.54) is 11.8 Å². The number of benzene rings is 1. The Labute approximate surface area is 122 Å². The van der Waals surface area contributed by atoms with Gasteiger partial charge in [-0.05, 0) is 18.7 Å². The molecule has 0 bridgehead atoms. The third-order valence-electron chi connectivity index (χ3n) is 3.27. The van der Waals surface area contributed by atoms with Crippen molar-refractivity contribution in [1.29, 1.82) is 0 Å². The Balaban J connectivity index is 2.16. The smallest absolute Gasteiger partial charge is 0.306 e. The van der Waals surface area contributed by atoms with Crippen LogP contribution in [-0.2, 0) is 16.2 Å². The van der Waals surface area contributed by atoms with E-state index >= 15 is 0 Å². The van der Waals surface area contributed by atoms with E-state index in [2.05, 4.69) is 15.0 Å². The molecule has 0 saturated heterocycles. The average Bonchev–Trinajstić information content (AvgIpc) is 2.53. The van der Waals surface area contributed by atoms with E-state index in [-0.39, 0.29) is 17.9 Å². The number of fused-ring (bicyclic) bond motifs is 1. The van der Waals surface area contributed by atoms with Gasteiger partial charge < -0.3 is 4.74 Å². The molecule has 0 amide bonds. The van der Waals surface area contributed by atoms with Crippen LogP contribution < -0.4 is 5.56 Å². The van der Waals surface area contributed by atoms with Crippen molar-refractivity contribution < 1.29 is 9.53 Å². The Morgan fingerprint density at radius 2 is 2.14 bits per heavy atom. The highest BCUT2D eigenvalue weighted by molar-refractivity contribution is 5.76. The lowest BCUT2D eigenvalue weighted by Gasteiger charge is -2.19. The molecule has 112 valence electrons. The molecular formula is C14H18N4O3. The Kier molecular flexibility index (Phi) is 4.99. The molecule has 0 aliphatic carbocycles. The van der Waals surface area contributed by atoms with Crippen molar-refractivity contribution in [3.63, 3.8) is 0 Å². The van der Waals surface area contributed by atoms with E-state index in [0.717, 1.165) is 0 Å². The van der Waals surface area contributed by atoms with Gasteiger partial charge in [0.25, 0.3) is 5.56 Å². The van der Waals surface area contributed by atoms with Gasteiger partial charge in [0.05, 0.1) is 25.6 Å². The summed E-state index contributed by atoms with van der Waals surface area (Å²) < 4.78 is 5.92. The standard InChI is InChI=1S/C14H18N4O3/c1-3-17(9-8-13(19)21-2)10-18-14(20)11-6-4-5-7-12(11)15-16-18/h4-7H,3,8-10H2,1-2H3. The van der Waals surface area contributed by atoms with Crippen LogP contribution >= 0.6 is 0 Å². The van der Waals surface area contributed by atoms with Crippen LogP contribution in [0.1, 0.15) is 13.3 Å². The minimum absolute atomic E-state index is 0.183. The summed E-state index contributed by atoms with van der Waals surface area (Å²) in [6.07, 6.45) is 0.278. The van der Waals surface area contributed by atoms with Gasteiger partial charge in [-0.1, -0.05) is 24.3 Å². The van der Waals surface area contributed by atoms with Crippen LogP contribution in [0.5, 0.6) is 0 Å². The van der Waals surface area contributed by atoms with Gasteiger partial charge in [0.2, 0.25) is 0 Å². The number of ether oxygens (including phenoxy) is 1. The van der Waals surface area contributed by atoms with Crippen LogP contribution in [0.3, 0.4) is 0 Å². The number of hydrogen-bond donors (Lipinski definition) is 0. The number of hydrogen-bond acceptors (Lipinski definition) is 6. The Bertz CT molecular complexity index is 683. The maximum absolute atomic E-state index is 12.3. The monoisotopic (exact) mass is 290 g/mol. The largest absolute Gasteiger partial charge is 0.469 e. The number of nitrogens with zero attached hydrogens (tertiary/aromatic N) is 4. The van der Waals surface area contributed by atoms with Gasteiger partial charge in [0.15, 0.2) is 0 Å². The average molecular weight is 290 g/mol. The highest BCUT2D eigenvalue weighted by Gasteiger charge is 2.10. The predicted molar refractivity (Wildman–Crippen MR) is 77.7 cm³/mol. The molecule has 0 spiro atoms. The molecule has 0 unspecified atom stereocenters. The number of carbonyl (C=O) groups excluding carboxylic acids is 1. The number of rotatable bonds is 6. The van der Waals surface area contributed by atoms with Gasteiger partial charge in [-0.25, -0.2) is 0 Å². The minimum atomic E-state index is -0.273. The second kappa shape index (κ2) is 6.94. The summed E-state index contributed by atoms with van der Waals surface area (Å²) in [6, 6.07) is 7.09. The van der Waals surface area contributed by atoms with Crippen molar-refractivity contribution in [1.82, 2.24) is 19.9 Å². The van der Waals surface area contributed by atoms with Gasteiger partial charge >= 0.3 is 5.97 Å². The highest BCUT2D eigenvalue weighted by Crippen LogP contribution is 2.04. The van der Waals surface area contributed by atoms with Crippen LogP contribution in [0.15, 0.2) is 29.1 Å². The molecule has 0 radical (unpaired) electrons.